The Kier molecular flexibility index (Phi) is 7.76. The minimum atomic E-state index is -0.466. The second-order valence-corrected chi connectivity index (χ2v) is 15.6. The molecule has 1 aliphatic rings. The van der Waals surface area contributed by atoms with E-state index in [1.807, 2.05) is 12.1 Å². The van der Waals surface area contributed by atoms with E-state index in [1.165, 1.54) is 33.4 Å². The highest BCUT2D eigenvalue weighted by molar-refractivity contribution is 6.09. The van der Waals surface area contributed by atoms with Gasteiger partial charge in [-0.3, -0.25) is 0 Å². The summed E-state index contributed by atoms with van der Waals surface area (Å²) < 4.78 is 6.41. The number of hydrogen-bond donors (Lipinski definition) is 0. The second kappa shape index (κ2) is 13.6. The summed E-state index contributed by atoms with van der Waals surface area (Å²) >= 11 is 0. The zero-order valence-electron chi connectivity index (χ0n) is 32.6. The van der Waals surface area contributed by atoms with Crippen LogP contribution in [0.1, 0.15) is 22.3 Å². The van der Waals surface area contributed by atoms with E-state index >= 15 is 0 Å². The van der Waals surface area contributed by atoms with Crippen LogP contribution < -0.4 is 0 Å². The summed E-state index contributed by atoms with van der Waals surface area (Å²) in [5, 5.41) is 4.52. The molecule has 60 heavy (non-hydrogen) atoms. The van der Waals surface area contributed by atoms with Crippen molar-refractivity contribution in [1.29, 1.82) is 0 Å². The van der Waals surface area contributed by atoms with Gasteiger partial charge in [0, 0.05) is 33.0 Å². The lowest BCUT2D eigenvalue weighted by Crippen LogP contribution is -2.28. The molecular weight excluding hydrogens is 729 g/mol. The van der Waals surface area contributed by atoms with Crippen LogP contribution in [0.4, 0.5) is 0 Å². The van der Waals surface area contributed by atoms with Crippen molar-refractivity contribution in [2.75, 3.05) is 0 Å². The normalized spacial score (nSPS) is 12.8. The molecule has 1 aliphatic carbocycles. The first-order chi connectivity index (χ1) is 29.7. The van der Waals surface area contributed by atoms with Gasteiger partial charge in [0.25, 0.3) is 0 Å². The van der Waals surface area contributed by atoms with E-state index in [0.29, 0.717) is 5.82 Å². The Labute approximate surface area is 347 Å². The molecule has 0 aliphatic heterocycles. The Morgan fingerprint density at radius 2 is 0.900 bits per heavy atom. The highest BCUT2D eigenvalue weighted by atomic mass is 16.3. The molecule has 0 N–H and O–H groups in total. The van der Waals surface area contributed by atoms with Crippen molar-refractivity contribution in [2.45, 2.75) is 5.41 Å². The number of aromatic nitrogens is 2. The average Bonchev–Trinajstić information content (AvgIpc) is 3.86. The van der Waals surface area contributed by atoms with Gasteiger partial charge in [0.2, 0.25) is 0 Å². The van der Waals surface area contributed by atoms with E-state index in [1.54, 1.807) is 0 Å². The summed E-state index contributed by atoms with van der Waals surface area (Å²) in [6, 6.07) is 78.0. The molecule has 9 aromatic carbocycles. The number of hydrogen-bond acceptors (Lipinski definition) is 3. The predicted octanol–water partition coefficient (Wildman–Crippen LogP) is 14.6. The lowest BCUT2D eigenvalue weighted by Gasteiger charge is -2.33. The molecule has 280 valence electrons. The Morgan fingerprint density at radius 1 is 0.350 bits per heavy atom. The first-order valence-corrected chi connectivity index (χ1v) is 20.5. The largest absolute Gasteiger partial charge is 0.455 e. The van der Waals surface area contributed by atoms with Gasteiger partial charge in [-0.15, -0.1) is 0 Å². The molecule has 3 heteroatoms. The van der Waals surface area contributed by atoms with E-state index < -0.39 is 5.41 Å². The van der Waals surface area contributed by atoms with Gasteiger partial charge in [0.05, 0.1) is 16.8 Å². The first-order valence-electron chi connectivity index (χ1n) is 20.5. The molecule has 0 bridgehead atoms. The smallest absolute Gasteiger partial charge is 0.161 e. The zero-order chi connectivity index (χ0) is 39.6. The monoisotopic (exact) mass is 764 g/mol. The molecule has 11 aromatic rings. The maximum Gasteiger partial charge on any atom is 0.161 e. The Balaban J connectivity index is 1.04. The Hall–Kier alpha value is -7.88. The lowest BCUT2D eigenvalue weighted by atomic mass is 9.67. The average molecular weight is 765 g/mol. The van der Waals surface area contributed by atoms with Crippen molar-refractivity contribution in [1.82, 2.24) is 9.97 Å². The molecular formula is C57H36N2O. The summed E-state index contributed by atoms with van der Waals surface area (Å²) in [6.07, 6.45) is 0. The highest BCUT2D eigenvalue weighted by Crippen LogP contribution is 2.56. The fourth-order valence-corrected chi connectivity index (χ4v) is 9.69. The fourth-order valence-electron chi connectivity index (χ4n) is 9.69. The highest BCUT2D eigenvalue weighted by Gasteiger charge is 2.46. The van der Waals surface area contributed by atoms with Gasteiger partial charge in [-0.25, -0.2) is 9.97 Å². The summed E-state index contributed by atoms with van der Waals surface area (Å²) in [4.78, 5) is 10.7. The van der Waals surface area contributed by atoms with Crippen LogP contribution in [0.3, 0.4) is 0 Å². The van der Waals surface area contributed by atoms with Crippen LogP contribution >= 0.6 is 0 Å². The molecule has 12 rings (SSSR count). The van der Waals surface area contributed by atoms with Crippen molar-refractivity contribution in [3.05, 3.63) is 241 Å². The molecule has 0 fully saturated rings. The maximum atomic E-state index is 6.41. The van der Waals surface area contributed by atoms with Crippen LogP contribution in [0.5, 0.6) is 0 Å². The van der Waals surface area contributed by atoms with Gasteiger partial charge in [0.15, 0.2) is 5.82 Å². The third-order valence-electron chi connectivity index (χ3n) is 12.4. The van der Waals surface area contributed by atoms with Gasteiger partial charge < -0.3 is 4.42 Å². The van der Waals surface area contributed by atoms with E-state index in [0.717, 1.165) is 71.9 Å². The van der Waals surface area contributed by atoms with Crippen molar-refractivity contribution in [3.63, 3.8) is 0 Å². The number of para-hydroxylation sites is 2. The van der Waals surface area contributed by atoms with Crippen LogP contribution in [0.2, 0.25) is 0 Å². The Bertz CT molecular complexity index is 3380. The number of nitrogens with zero attached hydrogens (tertiary/aromatic N) is 2. The molecule has 0 atom stereocenters. The third kappa shape index (κ3) is 5.23. The van der Waals surface area contributed by atoms with E-state index in [9.17, 15) is 0 Å². The van der Waals surface area contributed by atoms with E-state index in [4.69, 9.17) is 14.4 Å². The number of rotatable bonds is 6. The summed E-state index contributed by atoms with van der Waals surface area (Å²) in [6.45, 7) is 0. The summed E-state index contributed by atoms with van der Waals surface area (Å²) in [7, 11) is 0. The quantitative estimate of drug-likeness (QED) is 0.169. The van der Waals surface area contributed by atoms with Crippen LogP contribution in [0.25, 0.3) is 88.9 Å². The van der Waals surface area contributed by atoms with Crippen molar-refractivity contribution in [2.24, 2.45) is 0 Å². The van der Waals surface area contributed by atoms with Crippen molar-refractivity contribution in [3.8, 4) is 56.2 Å². The summed E-state index contributed by atoms with van der Waals surface area (Å²) in [5.74, 6) is 0.694. The minimum Gasteiger partial charge on any atom is -0.455 e. The third-order valence-corrected chi connectivity index (χ3v) is 12.4. The molecule has 0 saturated heterocycles. The van der Waals surface area contributed by atoms with Gasteiger partial charge in [-0.1, -0.05) is 200 Å². The molecule has 2 aromatic heterocycles. The van der Waals surface area contributed by atoms with Crippen molar-refractivity contribution >= 4 is 32.7 Å². The second-order valence-electron chi connectivity index (χ2n) is 15.6. The van der Waals surface area contributed by atoms with Crippen LogP contribution in [-0.4, -0.2) is 9.97 Å². The van der Waals surface area contributed by atoms with E-state index in [2.05, 4.69) is 206 Å². The predicted molar refractivity (Wildman–Crippen MR) is 246 cm³/mol. The van der Waals surface area contributed by atoms with Crippen LogP contribution in [-0.2, 0) is 5.41 Å². The Morgan fingerprint density at radius 3 is 1.70 bits per heavy atom. The van der Waals surface area contributed by atoms with Gasteiger partial charge in [-0.05, 0) is 67.9 Å². The number of benzene rings is 9. The SMILES string of the molecule is c1ccc(C2(c3ccccc3)c3ccccc3-c3cc(-c4cc(-c5ccc(-c6cccc7c6oc6ccccc67)cc5)nc(-c5cccc6ccccc56)n4)ccc32)cc1. The first kappa shape index (κ1) is 34.2. The van der Waals surface area contributed by atoms with E-state index in [-0.39, 0.29) is 0 Å². The summed E-state index contributed by atoms with van der Waals surface area (Å²) in [5.41, 5.74) is 15.8. The molecule has 0 spiro atoms. The minimum absolute atomic E-state index is 0.466. The standard InChI is InChI=1S/C57H36N2O/c1-3-17-41(18-4-1)57(42-19-5-2-6-20-42)50-27-11-9-22-45(50)49-35-40(33-34-51(49)57)53-36-52(58-56(59-53)48-26-13-16-37-15-7-8-21-43(37)48)39-31-29-38(30-32-39)44-24-14-25-47-46-23-10-12-28-54(46)60-55(44)47/h1-36H. The van der Waals surface area contributed by atoms with Gasteiger partial charge in [-0.2, -0.15) is 0 Å². The lowest BCUT2D eigenvalue weighted by molar-refractivity contribution is 0.670. The molecule has 0 unspecified atom stereocenters. The molecule has 0 saturated carbocycles. The maximum absolute atomic E-state index is 6.41. The number of fused-ring (bicyclic) bond motifs is 7. The zero-order valence-corrected chi connectivity index (χ0v) is 32.6. The number of furan rings is 1. The molecule has 0 radical (unpaired) electrons. The molecule has 0 amide bonds. The molecule has 3 nitrogen and oxygen atoms in total. The molecule has 2 heterocycles. The van der Waals surface area contributed by atoms with Gasteiger partial charge >= 0.3 is 0 Å². The van der Waals surface area contributed by atoms with Crippen molar-refractivity contribution < 1.29 is 4.42 Å². The van der Waals surface area contributed by atoms with Crippen LogP contribution in [0.15, 0.2) is 223 Å². The topological polar surface area (TPSA) is 38.9 Å². The van der Waals surface area contributed by atoms with Gasteiger partial charge in [0.1, 0.15) is 11.2 Å². The fraction of sp³-hybridized carbons (Fsp3) is 0.0175. The van der Waals surface area contributed by atoms with Crippen LogP contribution in [0, 0.1) is 0 Å².